The SMILES string of the molecule is Cc1cncc(-c2ccc(CN3CC[C@@H](N)C3)cc2)c1. The minimum absolute atomic E-state index is 0.354. The second-order valence-electron chi connectivity index (χ2n) is 5.73. The number of nitrogens with zero attached hydrogens (tertiary/aromatic N) is 2. The van der Waals surface area contributed by atoms with E-state index in [-0.39, 0.29) is 0 Å². The highest BCUT2D eigenvalue weighted by Gasteiger charge is 2.18. The van der Waals surface area contributed by atoms with Gasteiger partial charge in [0.2, 0.25) is 0 Å². The zero-order chi connectivity index (χ0) is 13.9. The van der Waals surface area contributed by atoms with Crippen molar-refractivity contribution in [2.24, 2.45) is 5.73 Å². The highest BCUT2D eigenvalue weighted by Crippen LogP contribution is 2.21. The molecule has 104 valence electrons. The van der Waals surface area contributed by atoms with Crippen molar-refractivity contribution in [3.8, 4) is 11.1 Å². The van der Waals surface area contributed by atoms with Gasteiger partial charge in [0.05, 0.1) is 0 Å². The highest BCUT2D eigenvalue weighted by molar-refractivity contribution is 5.63. The van der Waals surface area contributed by atoms with Crippen LogP contribution in [0.5, 0.6) is 0 Å². The van der Waals surface area contributed by atoms with Gasteiger partial charge in [0.25, 0.3) is 0 Å². The molecule has 3 heteroatoms. The summed E-state index contributed by atoms with van der Waals surface area (Å²) in [5.41, 5.74) is 10.9. The van der Waals surface area contributed by atoms with Gasteiger partial charge in [0.15, 0.2) is 0 Å². The van der Waals surface area contributed by atoms with Crippen molar-refractivity contribution in [1.29, 1.82) is 0 Å². The molecule has 3 rings (SSSR count). The maximum Gasteiger partial charge on any atom is 0.0346 e. The average Bonchev–Trinajstić information content (AvgIpc) is 2.85. The van der Waals surface area contributed by atoms with E-state index in [0.717, 1.165) is 26.1 Å². The predicted octanol–water partition coefficient (Wildman–Crippen LogP) is 2.59. The van der Waals surface area contributed by atoms with E-state index in [1.165, 1.54) is 22.3 Å². The van der Waals surface area contributed by atoms with Crippen molar-refractivity contribution in [3.05, 3.63) is 53.9 Å². The van der Waals surface area contributed by atoms with Crippen LogP contribution in [0.4, 0.5) is 0 Å². The molecule has 1 saturated heterocycles. The molecule has 0 amide bonds. The zero-order valence-electron chi connectivity index (χ0n) is 11.9. The number of nitrogens with two attached hydrogens (primary N) is 1. The van der Waals surface area contributed by atoms with E-state index in [4.69, 9.17) is 5.73 Å². The maximum absolute atomic E-state index is 5.94. The lowest BCUT2D eigenvalue weighted by Gasteiger charge is -2.15. The number of pyridine rings is 1. The van der Waals surface area contributed by atoms with Gasteiger partial charge < -0.3 is 5.73 Å². The molecular formula is C17H21N3. The molecule has 0 bridgehead atoms. The quantitative estimate of drug-likeness (QED) is 0.929. The van der Waals surface area contributed by atoms with Gasteiger partial charge in [-0.05, 0) is 36.1 Å². The monoisotopic (exact) mass is 267 g/mol. The third kappa shape index (κ3) is 3.06. The Balaban J connectivity index is 1.71. The van der Waals surface area contributed by atoms with Crippen LogP contribution >= 0.6 is 0 Å². The Morgan fingerprint density at radius 2 is 2.00 bits per heavy atom. The van der Waals surface area contributed by atoms with Crippen LogP contribution in [0.25, 0.3) is 11.1 Å². The summed E-state index contributed by atoms with van der Waals surface area (Å²) in [5.74, 6) is 0. The van der Waals surface area contributed by atoms with Crippen molar-refractivity contribution in [1.82, 2.24) is 9.88 Å². The summed E-state index contributed by atoms with van der Waals surface area (Å²) in [4.78, 5) is 6.68. The molecule has 1 fully saturated rings. The molecule has 0 unspecified atom stereocenters. The number of likely N-dealkylation sites (tertiary alicyclic amines) is 1. The number of hydrogen-bond donors (Lipinski definition) is 1. The first-order valence-corrected chi connectivity index (χ1v) is 7.19. The molecule has 2 N–H and O–H groups in total. The third-order valence-corrected chi connectivity index (χ3v) is 3.88. The molecule has 0 aliphatic carbocycles. The van der Waals surface area contributed by atoms with E-state index in [2.05, 4.69) is 47.1 Å². The molecule has 1 aromatic heterocycles. The van der Waals surface area contributed by atoms with Gasteiger partial charge >= 0.3 is 0 Å². The molecule has 0 saturated carbocycles. The van der Waals surface area contributed by atoms with E-state index in [9.17, 15) is 0 Å². The Morgan fingerprint density at radius 3 is 2.65 bits per heavy atom. The van der Waals surface area contributed by atoms with E-state index < -0.39 is 0 Å². The van der Waals surface area contributed by atoms with E-state index in [0.29, 0.717) is 6.04 Å². The second-order valence-corrected chi connectivity index (χ2v) is 5.73. The zero-order valence-corrected chi connectivity index (χ0v) is 11.9. The normalized spacial score (nSPS) is 19.4. The summed E-state index contributed by atoms with van der Waals surface area (Å²) in [6.07, 6.45) is 4.92. The first-order chi connectivity index (χ1) is 9.70. The van der Waals surface area contributed by atoms with Crippen molar-refractivity contribution in [3.63, 3.8) is 0 Å². The first-order valence-electron chi connectivity index (χ1n) is 7.19. The van der Waals surface area contributed by atoms with Gasteiger partial charge in [-0.3, -0.25) is 9.88 Å². The molecule has 2 aromatic rings. The van der Waals surface area contributed by atoms with Crippen molar-refractivity contribution in [2.75, 3.05) is 13.1 Å². The Bertz CT molecular complexity index is 577. The first kappa shape index (κ1) is 13.3. The van der Waals surface area contributed by atoms with Gasteiger partial charge in [-0.25, -0.2) is 0 Å². The lowest BCUT2D eigenvalue weighted by atomic mass is 10.0. The van der Waals surface area contributed by atoms with Crippen LogP contribution in [-0.2, 0) is 6.54 Å². The van der Waals surface area contributed by atoms with Crippen LogP contribution in [0.15, 0.2) is 42.7 Å². The van der Waals surface area contributed by atoms with Gasteiger partial charge in [-0.1, -0.05) is 24.3 Å². The van der Waals surface area contributed by atoms with Crippen LogP contribution in [0.1, 0.15) is 17.5 Å². The Labute approximate surface area is 120 Å². The fourth-order valence-corrected chi connectivity index (χ4v) is 2.78. The van der Waals surface area contributed by atoms with Crippen LogP contribution in [0.2, 0.25) is 0 Å². The van der Waals surface area contributed by atoms with Gasteiger partial charge in [-0.15, -0.1) is 0 Å². The molecule has 20 heavy (non-hydrogen) atoms. The lowest BCUT2D eigenvalue weighted by molar-refractivity contribution is 0.327. The van der Waals surface area contributed by atoms with E-state index in [1.54, 1.807) is 0 Å². The average molecular weight is 267 g/mol. The van der Waals surface area contributed by atoms with Gasteiger partial charge in [-0.2, -0.15) is 0 Å². The van der Waals surface area contributed by atoms with Crippen LogP contribution < -0.4 is 5.73 Å². The number of benzene rings is 1. The molecule has 0 radical (unpaired) electrons. The summed E-state index contributed by atoms with van der Waals surface area (Å²) in [7, 11) is 0. The molecule has 1 aromatic carbocycles. The van der Waals surface area contributed by atoms with Gasteiger partial charge in [0.1, 0.15) is 0 Å². The topological polar surface area (TPSA) is 42.2 Å². The second kappa shape index (κ2) is 5.73. The fourth-order valence-electron chi connectivity index (χ4n) is 2.78. The van der Waals surface area contributed by atoms with Crippen molar-refractivity contribution in [2.45, 2.75) is 25.9 Å². The summed E-state index contributed by atoms with van der Waals surface area (Å²) in [5, 5.41) is 0. The van der Waals surface area contributed by atoms with Crippen LogP contribution in [-0.4, -0.2) is 29.0 Å². The summed E-state index contributed by atoms with van der Waals surface area (Å²) in [6, 6.07) is 11.3. The Morgan fingerprint density at radius 1 is 1.20 bits per heavy atom. The molecule has 1 atom stereocenters. The number of aromatic nitrogens is 1. The lowest BCUT2D eigenvalue weighted by Crippen LogP contribution is -2.26. The standard InChI is InChI=1S/C17H21N3/c1-13-8-16(10-19-9-13)15-4-2-14(3-5-15)11-20-7-6-17(18)12-20/h2-5,8-10,17H,6-7,11-12,18H2,1H3/t17-/m1/s1. The molecule has 2 heterocycles. The van der Waals surface area contributed by atoms with Crippen LogP contribution in [0, 0.1) is 6.92 Å². The summed E-state index contributed by atoms with van der Waals surface area (Å²) < 4.78 is 0. The smallest absolute Gasteiger partial charge is 0.0346 e. The number of aryl methyl sites for hydroxylation is 1. The van der Waals surface area contributed by atoms with E-state index >= 15 is 0 Å². The van der Waals surface area contributed by atoms with Crippen molar-refractivity contribution >= 4 is 0 Å². The minimum atomic E-state index is 0.354. The van der Waals surface area contributed by atoms with Crippen LogP contribution in [0.3, 0.4) is 0 Å². The predicted molar refractivity (Wildman–Crippen MR) is 82.3 cm³/mol. The molecular weight excluding hydrogens is 246 g/mol. The highest BCUT2D eigenvalue weighted by atomic mass is 15.2. The number of rotatable bonds is 3. The van der Waals surface area contributed by atoms with Crippen molar-refractivity contribution < 1.29 is 0 Å². The Kier molecular flexibility index (Phi) is 3.81. The van der Waals surface area contributed by atoms with Gasteiger partial charge in [0, 0.05) is 43.6 Å². The third-order valence-electron chi connectivity index (χ3n) is 3.88. The number of hydrogen-bond acceptors (Lipinski definition) is 3. The largest absolute Gasteiger partial charge is 0.326 e. The fraction of sp³-hybridized carbons (Fsp3) is 0.353. The molecule has 3 nitrogen and oxygen atoms in total. The Hall–Kier alpha value is -1.71. The summed E-state index contributed by atoms with van der Waals surface area (Å²) >= 11 is 0. The molecule has 0 spiro atoms. The summed E-state index contributed by atoms with van der Waals surface area (Å²) in [6.45, 7) is 5.20. The molecule has 1 aliphatic rings. The molecule has 1 aliphatic heterocycles. The minimum Gasteiger partial charge on any atom is -0.326 e. The van der Waals surface area contributed by atoms with E-state index in [1.807, 2.05) is 12.4 Å². The maximum atomic E-state index is 5.94.